The fourth-order valence-electron chi connectivity index (χ4n) is 5.06. The third kappa shape index (κ3) is 10.3. The van der Waals surface area contributed by atoms with E-state index in [1.807, 2.05) is 6.07 Å². The van der Waals surface area contributed by atoms with Crippen molar-refractivity contribution in [3.8, 4) is 11.1 Å². The molecule has 41 heavy (non-hydrogen) atoms. The molecule has 0 N–H and O–H groups in total. The molecule has 218 valence electrons. The van der Waals surface area contributed by atoms with Crippen molar-refractivity contribution in [3.63, 3.8) is 0 Å². The molecule has 0 spiro atoms. The molecule has 0 saturated carbocycles. The zero-order valence-electron chi connectivity index (χ0n) is 26.5. The van der Waals surface area contributed by atoms with Crippen molar-refractivity contribution >= 4 is 3.71 Å². The molecule has 5 rings (SSSR count). The number of hydrogen-bond donors (Lipinski definition) is 0. The summed E-state index contributed by atoms with van der Waals surface area (Å²) in [6.07, 6.45) is 6.70. The summed E-state index contributed by atoms with van der Waals surface area (Å²) in [5, 5.41) is 0. The van der Waals surface area contributed by atoms with Gasteiger partial charge >= 0.3 is 63.8 Å². The van der Waals surface area contributed by atoms with Gasteiger partial charge in [0.15, 0.2) is 0 Å². The van der Waals surface area contributed by atoms with Gasteiger partial charge in [-0.15, -0.1) is 11.1 Å². The molecule has 0 bridgehead atoms. The zero-order chi connectivity index (χ0) is 29.0. The monoisotopic (exact) mass is 662 g/mol. The Balaban J connectivity index is 0.000000352. The van der Waals surface area contributed by atoms with E-state index in [1.165, 1.54) is 74.3 Å². The van der Waals surface area contributed by atoms with Crippen LogP contribution in [0.4, 0.5) is 0 Å². The fourth-order valence-corrected chi connectivity index (χ4v) is 5.54. The van der Waals surface area contributed by atoms with Crippen LogP contribution >= 0.6 is 0 Å². The summed E-state index contributed by atoms with van der Waals surface area (Å²) >= 11 is 1.46. The second kappa shape index (κ2) is 15.8. The van der Waals surface area contributed by atoms with Gasteiger partial charge in [0.1, 0.15) is 0 Å². The van der Waals surface area contributed by atoms with Gasteiger partial charge in [-0.3, -0.25) is 6.08 Å². The van der Waals surface area contributed by atoms with Gasteiger partial charge < -0.3 is 24.8 Å². The Hall–Kier alpha value is -1.53. The third-order valence-corrected chi connectivity index (χ3v) is 8.18. The van der Waals surface area contributed by atoms with Crippen LogP contribution < -0.4 is 24.8 Å². The first-order chi connectivity index (χ1) is 18.2. The molecule has 3 aromatic rings. The van der Waals surface area contributed by atoms with E-state index >= 15 is 0 Å². The molecule has 0 nitrogen and oxygen atoms in total. The molecule has 0 radical (unpaired) electrons. The van der Waals surface area contributed by atoms with Crippen molar-refractivity contribution in [2.75, 3.05) is 0 Å². The molecule has 3 heteroatoms. The Morgan fingerprint density at radius 2 is 1.46 bits per heavy atom. The van der Waals surface area contributed by atoms with Gasteiger partial charge in [0, 0.05) is 0 Å². The van der Waals surface area contributed by atoms with Gasteiger partial charge in [-0.25, -0.2) is 5.57 Å². The summed E-state index contributed by atoms with van der Waals surface area (Å²) in [4.78, 5) is 0. The number of allylic oxidation sites excluding steroid dienone is 4. The van der Waals surface area contributed by atoms with E-state index in [2.05, 4.69) is 146 Å². The van der Waals surface area contributed by atoms with Crippen LogP contribution in [0.2, 0.25) is 0 Å². The molecule has 0 fully saturated rings. The van der Waals surface area contributed by atoms with Gasteiger partial charge in [0.25, 0.3) is 0 Å². The van der Waals surface area contributed by atoms with Gasteiger partial charge in [0.05, 0.1) is 0 Å². The first kappa shape index (κ1) is 37.5. The molecule has 0 aliphatic heterocycles. The summed E-state index contributed by atoms with van der Waals surface area (Å²) in [6.45, 7) is 22.4. The Bertz CT molecular complexity index is 1290. The van der Waals surface area contributed by atoms with Crippen LogP contribution in [-0.2, 0) is 41.5 Å². The standard InChI is InChI=1S/C21H25.C10H15.C7H6.2ClH.Zr/c1-20(2,3)16-7-9-18-14(12-16)11-15-13-17(21(4,5)6)8-10-19(15)18;1-7(2)10-6-8(3)5-9(10)4;1-7-5-3-2-4-6-7;;;/h7-10,12H,11H2,1-6H3;6-8H,1-4H3;1-6H;2*1H;/q2*-1;;;;+2/p-2. The van der Waals surface area contributed by atoms with Crippen molar-refractivity contribution in [3.05, 3.63) is 118 Å². The molecular formula is C38H46Cl2Zr-2. The number of rotatable bonds is 2. The quantitative estimate of drug-likeness (QED) is 0.285. The van der Waals surface area contributed by atoms with E-state index in [9.17, 15) is 0 Å². The van der Waals surface area contributed by atoms with E-state index in [0.29, 0.717) is 11.8 Å². The van der Waals surface area contributed by atoms with Crippen LogP contribution in [0.5, 0.6) is 0 Å². The normalized spacial score (nSPS) is 15.0. The molecule has 1 unspecified atom stereocenters. The Morgan fingerprint density at radius 3 is 1.90 bits per heavy atom. The van der Waals surface area contributed by atoms with Gasteiger partial charge in [-0.2, -0.15) is 35.4 Å². The van der Waals surface area contributed by atoms with Crippen LogP contribution in [0.15, 0.2) is 77.9 Å². The first-order valence-electron chi connectivity index (χ1n) is 14.3. The summed E-state index contributed by atoms with van der Waals surface area (Å²) in [7, 11) is 0. The van der Waals surface area contributed by atoms with Gasteiger partial charge in [-0.05, 0) is 28.4 Å². The van der Waals surface area contributed by atoms with Crippen molar-refractivity contribution in [2.45, 2.75) is 86.5 Å². The van der Waals surface area contributed by atoms with Crippen molar-refractivity contribution < 1.29 is 49.0 Å². The molecule has 0 amide bonds. The average molecular weight is 665 g/mol. The molecular weight excluding hydrogens is 619 g/mol. The minimum atomic E-state index is 0. The summed E-state index contributed by atoms with van der Waals surface area (Å²) in [5.74, 6) is 1.20. The summed E-state index contributed by atoms with van der Waals surface area (Å²) < 4.78 is 2.17. The number of halogens is 2. The SMILES string of the molecule is CC(C)(C)c1[c-]c2c(cc1)-c1ccc(C(C)(C)C)cc1C2.CC1=[C-]C(C)C=C1C(C)C.[Cl-].[Cl-].[Zr+2]=[CH]c1ccccc1. The first-order valence-corrected chi connectivity index (χ1v) is 15.7. The topological polar surface area (TPSA) is 0 Å². The second-order valence-corrected chi connectivity index (χ2v) is 13.9. The average Bonchev–Trinajstić information content (AvgIpc) is 3.42. The predicted octanol–water partition coefficient (Wildman–Crippen LogP) is 4.01. The fraction of sp³-hybridized carbons (Fsp3) is 0.395. The number of hydrogen-bond acceptors (Lipinski definition) is 0. The minimum absolute atomic E-state index is 0. The Kier molecular flexibility index (Phi) is 14.5. The number of benzene rings is 3. The second-order valence-electron chi connectivity index (χ2n) is 13.2. The Morgan fingerprint density at radius 1 is 0.854 bits per heavy atom. The van der Waals surface area contributed by atoms with Crippen LogP contribution in [0, 0.1) is 24.0 Å². The predicted molar refractivity (Wildman–Crippen MR) is 167 cm³/mol. The summed E-state index contributed by atoms with van der Waals surface area (Å²) in [6, 6.07) is 25.5. The summed E-state index contributed by atoms with van der Waals surface area (Å²) in [5.41, 5.74) is 12.9. The van der Waals surface area contributed by atoms with E-state index in [4.69, 9.17) is 0 Å². The van der Waals surface area contributed by atoms with Crippen molar-refractivity contribution in [1.82, 2.24) is 0 Å². The van der Waals surface area contributed by atoms with Gasteiger partial charge in [-0.1, -0.05) is 105 Å². The molecule has 0 heterocycles. The molecule has 2 aliphatic carbocycles. The van der Waals surface area contributed by atoms with Crippen LogP contribution in [-0.4, -0.2) is 3.71 Å². The maximum atomic E-state index is 3.67. The Labute approximate surface area is 278 Å². The molecule has 0 aromatic heterocycles. The van der Waals surface area contributed by atoms with Crippen LogP contribution in [0.25, 0.3) is 11.1 Å². The number of fused-ring (bicyclic) bond motifs is 3. The molecule has 3 aromatic carbocycles. The zero-order valence-corrected chi connectivity index (χ0v) is 30.5. The van der Waals surface area contributed by atoms with E-state index in [-0.39, 0.29) is 35.6 Å². The maximum absolute atomic E-state index is 3.67. The van der Waals surface area contributed by atoms with E-state index in [1.54, 1.807) is 0 Å². The molecule has 0 saturated heterocycles. The van der Waals surface area contributed by atoms with E-state index < -0.39 is 0 Å². The molecule has 1 atom stereocenters. The third-order valence-electron chi connectivity index (χ3n) is 7.36. The van der Waals surface area contributed by atoms with Crippen molar-refractivity contribution in [2.24, 2.45) is 11.8 Å². The van der Waals surface area contributed by atoms with Gasteiger partial charge in [0.2, 0.25) is 0 Å². The van der Waals surface area contributed by atoms with Crippen LogP contribution in [0.3, 0.4) is 0 Å². The van der Waals surface area contributed by atoms with Crippen LogP contribution in [0.1, 0.15) is 97.1 Å². The van der Waals surface area contributed by atoms with E-state index in [0.717, 1.165) is 6.42 Å². The molecule has 2 aliphatic rings. The van der Waals surface area contributed by atoms with Crippen molar-refractivity contribution in [1.29, 1.82) is 0 Å².